The van der Waals surface area contributed by atoms with Gasteiger partial charge in [0.15, 0.2) is 0 Å². The van der Waals surface area contributed by atoms with Gasteiger partial charge in [-0.2, -0.15) is 13.2 Å². The monoisotopic (exact) mass is 371 g/mol. The number of hydrogen-bond donors (Lipinski definition) is 1. The Labute approximate surface area is 150 Å². The van der Waals surface area contributed by atoms with E-state index in [2.05, 4.69) is 15.2 Å². The molecule has 2 aliphatic heterocycles. The fraction of sp³-hybridized carbons (Fsp3) is 0.667. The lowest BCUT2D eigenvalue weighted by Gasteiger charge is -2.31. The third-order valence-electron chi connectivity index (χ3n) is 5.09. The van der Waals surface area contributed by atoms with Gasteiger partial charge in [0.2, 0.25) is 5.91 Å². The van der Waals surface area contributed by atoms with Gasteiger partial charge in [0.05, 0.1) is 12.5 Å². The summed E-state index contributed by atoms with van der Waals surface area (Å²) in [5, 5.41) is 2.94. The van der Waals surface area contributed by atoms with Crippen molar-refractivity contribution >= 4 is 5.91 Å². The molecule has 3 heterocycles. The molecule has 0 aromatic carbocycles. The maximum atomic E-state index is 12.8. The van der Waals surface area contributed by atoms with Crippen LogP contribution in [0, 0.1) is 5.92 Å². The van der Waals surface area contributed by atoms with E-state index in [4.69, 9.17) is 4.74 Å². The molecule has 1 unspecified atom stereocenters. The fourth-order valence-electron chi connectivity index (χ4n) is 3.51. The molecule has 5 nitrogen and oxygen atoms in total. The summed E-state index contributed by atoms with van der Waals surface area (Å²) < 4.78 is 43.6. The second-order valence-electron chi connectivity index (χ2n) is 6.91. The van der Waals surface area contributed by atoms with Crippen LogP contribution in [-0.2, 0) is 15.7 Å². The molecule has 0 saturated carbocycles. The Morgan fingerprint density at radius 1 is 1.27 bits per heavy atom. The first kappa shape index (κ1) is 19.1. The van der Waals surface area contributed by atoms with Crippen LogP contribution in [0.3, 0.4) is 0 Å². The number of carbonyl (C=O) groups excluding carboxylic acids is 1. The molecule has 2 aliphatic rings. The van der Waals surface area contributed by atoms with E-state index in [0.29, 0.717) is 25.5 Å². The minimum atomic E-state index is -4.40. The standard InChI is InChI=1S/C18H24F3N3O2/c19-18(20,21)16-3-1-2-15(23-16)13-4-8-24(9-5-13)10-7-22-17(25)14-6-11-26-12-14/h1-3,13-14H,4-12H2,(H,22,25). The highest BCUT2D eigenvalue weighted by Gasteiger charge is 2.33. The zero-order valence-corrected chi connectivity index (χ0v) is 14.6. The van der Waals surface area contributed by atoms with E-state index in [1.165, 1.54) is 6.07 Å². The van der Waals surface area contributed by atoms with Crippen molar-refractivity contribution in [2.24, 2.45) is 5.92 Å². The minimum absolute atomic E-state index is 0.0345. The molecule has 1 N–H and O–H groups in total. The number of piperidine rings is 1. The second kappa shape index (κ2) is 8.35. The average molecular weight is 371 g/mol. The minimum Gasteiger partial charge on any atom is -0.381 e. The van der Waals surface area contributed by atoms with Crippen molar-refractivity contribution < 1.29 is 22.7 Å². The van der Waals surface area contributed by atoms with E-state index >= 15 is 0 Å². The van der Waals surface area contributed by atoms with Gasteiger partial charge < -0.3 is 15.0 Å². The third-order valence-corrected chi connectivity index (χ3v) is 5.09. The average Bonchev–Trinajstić information content (AvgIpc) is 3.16. The first-order chi connectivity index (χ1) is 12.4. The molecule has 3 rings (SSSR count). The SMILES string of the molecule is O=C(NCCN1CCC(c2cccc(C(F)(F)F)n2)CC1)C1CCOC1. The van der Waals surface area contributed by atoms with Gasteiger partial charge in [-0.3, -0.25) is 4.79 Å². The fourth-order valence-corrected chi connectivity index (χ4v) is 3.51. The molecule has 1 aromatic heterocycles. The quantitative estimate of drug-likeness (QED) is 0.864. The summed E-state index contributed by atoms with van der Waals surface area (Å²) in [5.41, 5.74) is -0.301. The van der Waals surface area contributed by atoms with E-state index < -0.39 is 11.9 Å². The number of nitrogens with zero attached hydrogens (tertiary/aromatic N) is 2. The maximum Gasteiger partial charge on any atom is 0.433 e. The van der Waals surface area contributed by atoms with Gasteiger partial charge in [-0.25, -0.2) is 4.98 Å². The highest BCUT2D eigenvalue weighted by Crippen LogP contribution is 2.31. The molecule has 144 valence electrons. The normalized spacial score (nSPS) is 22.5. The summed E-state index contributed by atoms with van der Waals surface area (Å²) in [6.07, 6.45) is -2.07. The summed E-state index contributed by atoms with van der Waals surface area (Å²) in [5.74, 6) is 0.0667. The lowest BCUT2D eigenvalue weighted by Crippen LogP contribution is -2.40. The first-order valence-corrected chi connectivity index (χ1v) is 9.05. The lowest BCUT2D eigenvalue weighted by atomic mass is 9.93. The molecule has 8 heteroatoms. The van der Waals surface area contributed by atoms with Crippen LogP contribution >= 0.6 is 0 Å². The molecule has 26 heavy (non-hydrogen) atoms. The molecule has 1 amide bonds. The van der Waals surface area contributed by atoms with Gasteiger partial charge in [0.25, 0.3) is 0 Å². The molecule has 0 radical (unpaired) electrons. The molecule has 0 bridgehead atoms. The van der Waals surface area contributed by atoms with Crippen LogP contribution in [0.4, 0.5) is 13.2 Å². The van der Waals surface area contributed by atoms with Crippen molar-refractivity contribution in [3.8, 4) is 0 Å². The number of amides is 1. The van der Waals surface area contributed by atoms with Gasteiger partial charge in [-0.05, 0) is 44.5 Å². The number of ether oxygens (including phenoxy) is 1. The predicted octanol–water partition coefficient (Wildman–Crippen LogP) is 2.43. The Morgan fingerprint density at radius 3 is 2.69 bits per heavy atom. The largest absolute Gasteiger partial charge is 0.433 e. The van der Waals surface area contributed by atoms with Crippen molar-refractivity contribution in [2.45, 2.75) is 31.4 Å². The highest BCUT2D eigenvalue weighted by molar-refractivity contribution is 5.78. The van der Waals surface area contributed by atoms with Crippen molar-refractivity contribution in [3.63, 3.8) is 0 Å². The number of pyridine rings is 1. The Hall–Kier alpha value is -1.67. The number of carbonyl (C=O) groups is 1. The first-order valence-electron chi connectivity index (χ1n) is 9.05. The van der Waals surface area contributed by atoms with Crippen molar-refractivity contribution in [3.05, 3.63) is 29.6 Å². The number of hydrogen-bond acceptors (Lipinski definition) is 4. The highest BCUT2D eigenvalue weighted by atomic mass is 19.4. The van der Waals surface area contributed by atoms with E-state index in [1.54, 1.807) is 6.07 Å². The zero-order chi connectivity index (χ0) is 18.6. The van der Waals surface area contributed by atoms with Gasteiger partial charge in [-0.1, -0.05) is 6.07 Å². The number of nitrogens with one attached hydrogen (secondary N) is 1. The molecular weight excluding hydrogens is 347 g/mol. The van der Waals surface area contributed by atoms with Gasteiger partial charge >= 0.3 is 6.18 Å². The van der Waals surface area contributed by atoms with Crippen LogP contribution < -0.4 is 5.32 Å². The number of aromatic nitrogens is 1. The summed E-state index contributed by atoms with van der Waals surface area (Å²) in [6, 6.07) is 4.12. The van der Waals surface area contributed by atoms with Crippen LogP contribution in [0.25, 0.3) is 0 Å². The molecule has 1 aromatic rings. The van der Waals surface area contributed by atoms with E-state index in [-0.39, 0.29) is 17.7 Å². The van der Waals surface area contributed by atoms with Crippen LogP contribution in [0.5, 0.6) is 0 Å². The number of rotatable bonds is 5. The second-order valence-corrected chi connectivity index (χ2v) is 6.91. The molecule has 2 saturated heterocycles. The topological polar surface area (TPSA) is 54.5 Å². The van der Waals surface area contributed by atoms with Crippen molar-refractivity contribution in [2.75, 3.05) is 39.4 Å². The van der Waals surface area contributed by atoms with Crippen molar-refractivity contribution in [1.82, 2.24) is 15.2 Å². The summed E-state index contributed by atoms with van der Waals surface area (Å²) in [7, 11) is 0. The molecular formula is C18H24F3N3O2. The number of likely N-dealkylation sites (tertiary alicyclic amines) is 1. The van der Waals surface area contributed by atoms with Crippen molar-refractivity contribution in [1.29, 1.82) is 0 Å². The molecule has 0 aliphatic carbocycles. The van der Waals surface area contributed by atoms with E-state index in [0.717, 1.165) is 45.0 Å². The van der Waals surface area contributed by atoms with Crippen LogP contribution in [0.2, 0.25) is 0 Å². The van der Waals surface area contributed by atoms with Crippen LogP contribution in [0.15, 0.2) is 18.2 Å². The molecule has 1 atom stereocenters. The predicted molar refractivity (Wildman–Crippen MR) is 89.6 cm³/mol. The third kappa shape index (κ3) is 4.94. The Morgan fingerprint density at radius 2 is 2.04 bits per heavy atom. The van der Waals surface area contributed by atoms with Crippen LogP contribution in [-0.4, -0.2) is 55.2 Å². The Kier molecular flexibility index (Phi) is 6.13. The lowest BCUT2D eigenvalue weighted by molar-refractivity contribution is -0.141. The number of alkyl halides is 3. The Bertz CT molecular complexity index is 610. The van der Waals surface area contributed by atoms with E-state index in [9.17, 15) is 18.0 Å². The maximum absolute atomic E-state index is 12.8. The summed E-state index contributed by atoms with van der Waals surface area (Å²) in [4.78, 5) is 18.0. The summed E-state index contributed by atoms with van der Waals surface area (Å²) in [6.45, 7) is 4.08. The van der Waals surface area contributed by atoms with Gasteiger partial charge in [-0.15, -0.1) is 0 Å². The smallest absolute Gasteiger partial charge is 0.381 e. The summed E-state index contributed by atoms with van der Waals surface area (Å²) >= 11 is 0. The van der Waals surface area contributed by atoms with Crippen LogP contribution in [0.1, 0.15) is 36.6 Å². The number of halogens is 3. The van der Waals surface area contributed by atoms with Gasteiger partial charge in [0.1, 0.15) is 5.69 Å². The molecule has 0 spiro atoms. The molecule has 2 fully saturated rings. The van der Waals surface area contributed by atoms with E-state index in [1.807, 2.05) is 0 Å². The Balaban J connectivity index is 1.42. The van der Waals surface area contributed by atoms with Gasteiger partial charge in [0, 0.05) is 31.3 Å². The zero-order valence-electron chi connectivity index (χ0n) is 14.6.